The molecule has 2 heterocycles. The number of allylic oxidation sites excluding steroid dienone is 1. The molecule has 102 valence electrons. The maximum Gasteiger partial charge on any atom is 0.433 e. The van der Waals surface area contributed by atoms with Gasteiger partial charge in [-0.15, -0.1) is 0 Å². The Balaban J connectivity index is 2.22. The Bertz CT molecular complexity index is 810. The van der Waals surface area contributed by atoms with Crippen LogP contribution in [0.15, 0.2) is 44.5 Å². The summed E-state index contributed by atoms with van der Waals surface area (Å²) in [5.74, 6) is -1.11. The van der Waals surface area contributed by atoms with Gasteiger partial charge in [-0.3, -0.25) is 24.7 Å². The number of aromatic nitrogens is 2. The number of nitrogens with one attached hydrogen (secondary N) is 1. The van der Waals surface area contributed by atoms with Crippen LogP contribution in [0.25, 0.3) is 6.08 Å². The fourth-order valence-electron chi connectivity index (χ4n) is 1.35. The molecule has 0 unspecified atom stereocenters. The lowest BCUT2D eigenvalue weighted by Crippen LogP contribution is -2.31. The molecule has 0 radical (unpaired) electrons. The molecule has 0 saturated heterocycles. The predicted octanol–water partition coefficient (Wildman–Crippen LogP) is 0.391. The van der Waals surface area contributed by atoms with Crippen molar-refractivity contribution in [1.29, 1.82) is 0 Å². The fraction of sp³-hybridized carbons (Fsp3) is 0. The molecule has 9 nitrogen and oxygen atoms in total. The molecule has 9 heteroatoms. The SMILES string of the molecule is O=C(C=Cc1ccc([N+](=O)[O-])o1)n1ccc(=O)[nH]c1=O. The van der Waals surface area contributed by atoms with Crippen molar-refractivity contribution in [3.8, 4) is 0 Å². The van der Waals surface area contributed by atoms with Gasteiger partial charge < -0.3 is 4.42 Å². The molecule has 0 aromatic carbocycles. The van der Waals surface area contributed by atoms with Crippen LogP contribution >= 0.6 is 0 Å². The zero-order chi connectivity index (χ0) is 14.7. The number of H-pyrrole nitrogens is 1. The molecule has 0 saturated carbocycles. The summed E-state index contributed by atoms with van der Waals surface area (Å²) in [6, 6.07) is 3.46. The van der Waals surface area contributed by atoms with Crippen LogP contribution in [-0.2, 0) is 0 Å². The summed E-state index contributed by atoms with van der Waals surface area (Å²) in [5, 5.41) is 10.4. The number of aromatic amines is 1. The van der Waals surface area contributed by atoms with Gasteiger partial charge in [0.15, 0.2) is 0 Å². The summed E-state index contributed by atoms with van der Waals surface area (Å²) >= 11 is 0. The number of hydrogen-bond acceptors (Lipinski definition) is 6. The second-order valence-corrected chi connectivity index (χ2v) is 3.58. The van der Waals surface area contributed by atoms with Crippen molar-refractivity contribution in [3.63, 3.8) is 0 Å². The van der Waals surface area contributed by atoms with Crippen molar-refractivity contribution in [2.24, 2.45) is 0 Å². The number of carbonyl (C=O) groups is 1. The van der Waals surface area contributed by atoms with Gasteiger partial charge in [0, 0.05) is 18.3 Å². The van der Waals surface area contributed by atoms with Crippen molar-refractivity contribution in [2.75, 3.05) is 0 Å². The first kappa shape index (κ1) is 13.2. The standard InChI is InChI=1S/C11H7N3O6/c15-8-5-6-13(11(17)12-8)9(16)3-1-7-2-4-10(20-7)14(18)19/h1-6H,(H,12,15,17). The van der Waals surface area contributed by atoms with E-state index < -0.39 is 28.0 Å². The molecule has 0 aliphatic heterocycles. The second-order valence-electron chi connectivity index (χ2n) is 3.58. The number of nitrogens with zero attached hydrogens (tertiary/aromatic N) is 2. The summed E-state index contributed by atoms with van der Waals surface area (Å²) in [6.07, 6.45) is 3.19. The summed E-state index contributed by atoms with van der Waals surface area (Å²) in [6.45, 7) is 0. The van der Waals surface area contributed by atoms with Crippen molar-refractivity contribution in [1.82, 2.24) is 9.55 Å². The zero-order valence-corrected chi connectivity index (χ0v) is 9.81. The lowest BCUT2D eigenvalue weighted by Gasteiger charge is -1.96. The number of rotatable bonds is 3. The van der Waals surface area contributed by atoms with Crippen molar-refractivity contribution in [2.45, 2.75) is 0 Å². The number of furan rings is 1. The molecule has 1 N–H and O–H groups in total. The first-order chi connectivity index (χ1) is 9.47. The van der Waals surface area contributed by atoms with Gasteiger partial charge in [-0.1, -0.05) is 0 Å². The third-order valence-electron chi connectivity index (χ3n) is 2.24. The predicted molar refractivity (Wildman–Crippen MR) is 66.3 cm³/mol. The molecule has 0 atom stereocenters. The van der Waals surface area contributed by atoms with E-state index in [4.69, 9.17) is 4.42 Å². The van der Waals surface area contributed by atoms with Crippen LogP contribution in [0.3, 0.4) is 0 Å². The van der Waals surface area contributed by atoms with Gasteiger partial charge in [0.1, 0.15) is 10.7 Å². The van der Waals surface area contributed by atoms with Gasteiger partial charge in [-0.25, -0.2) is 9.36 Å². The quantitative estimate of drug-likeness (QED) is 0.491. The van der Waals surface area contributed by atoms with Crippen LogP contribution in [-0.4, -0.2) is 20.4 Å². The van der Waals surface area contributed by atoms with E-state index >= 15 is 0 Å². The minimum atomic E-state index is -0.877. The van der Waals surface area contributed by atoms with Gasteiger partial charge in [0.05, 0.1) is 6.07 Å². The minimum Gasteiger partial charge on any atom is -0.401 e. The molecule has 0 amide bonds. The number of nitro groups is 1. The summed E-state index contributed by atoms with van der Waals surface area (Å²) in [5.41, 5.74) is -1.50. The molecule has 0 spiro atoms. The maximum absolute atomic E-state index is 11.7. The number of hydrogen-bond donors (Lipinski definition) is 1. The third-order valence-corrected chi connectivity index (χ3v) is 2.24. The highest BCUT2D eigenvalue weighted by Gasteiger charge is 2.10. The molecule has 20 heavy (non-hydrogen) atoms. The normalized spacial score (nSPS) is 10.8. The van der Waals surface area contributed by atoms with Gasteiger partial charge >= 0.3 is 11.6 Å². The fourth-order valence-corrected chi connectivity index (χ4v) is 1.35. The highest BCUT2D eigenvalue weighted by atomic mass is 16.6. The van der Waals surface area contributed by atoms with Crippen LogP contribution in [0.4, 0.5) is 5.88 Å². The lowest BCUT2D eigenvalue weighted by molar-refractivity contribution is -0.402. The molecular weight excluding hydrogens is 270 g/mol. The van der Waals surface area contributed by atoms with Crippen molar-refractivity contribution >= 4 is 17.9 Å². The minimum absolute atomic E-state index is 0.0857. The Morgan fingerprint density at radius 1 is 1.35 bits per heavy atom. The van der Waals surface area contributed by atoms with Crippen LogP contribution < -0.4 is 11.2 Å². The smallest absolute Gasteiger partial charge is 0.401 e. The van der Waals surface area contributed by atoms with Crippen molar-refractivity contribution in [3.05, 3.63) is 67.2 Å². The van der Waals surface area contributed by atoms with Crippen molar-refractivity contribution < 1.29 is 14.1 Å². The third kappa shape index (κ3) is 2.77. The van der Waals surface area contributed by atoms with Gasteiger partial charge in [-0.2, -0.15) is 0 Å². The van der Waals surface area contributed by atoms with Gasteiger partial charge in [0.2, 0.25) is 0 Å². The summed E-state index contributed by atoms with van der Waals surface area (Å²) in [7, 11) is 0. The van der Waals surface area contributed by atoms with Crippen LogP contribution in [0.1, 0.15) is 10.6 Å². The van der Waals surface area contributed by atoms with E-state index in [0.29, 0.717) is 4.57 Å². The van der Waals surface area contributed by atoms with E-state index in [1.54, 1.807) is 0 Å². The van der Waals surface area contributed by atoms with Crippen LogP contribution in [0.2, 0.25) is 0 Å². The molecular formula is C11H7N3O6. The monoisotopic (exact) mass is 277 g/mol. The van der Waals surface area contributed by atoms with E-state index in [1.165, 1.54) is 12.1 Å². The van der Waals surface area contributed by atoms with Gasteiger partial charge in [-0.05, 0) is 12.1 Å². The van der Waals surface area contributed by atoms with Gasteiger partial charge in [0.25, 0.3) is 11.5 Å². The average molecular weight is 277 g/mol. The molecule has 2 rings (SSSR count). The molecule has 0 aliphatic rings. The second kappa shape index (κ2) is 5.18. The zero-order valence-electron chi connectivity index (χ0n) is 9.81. The summed E-state index contributed by atoms with van der Waals surface area (Å²) in [4.78, 5) is 45.4. The Morgan fingerprint density at radius 3 is 2.70 bits per heavy atom. The Labute approximate surface area is 109 Å². The Morgan fingerprint density at radius 2 is 2.10 bits per heavy atom. The Kier molecular flexibility index (Phi) is 3.42. The van der Waals surface area contributed by atoms with E-state index in [1.807, 2.05) is 4.98 Å². The van der Waals surface area contributed by atoms with Crippen LogP contribution in [0, 0.1) is 10.1 Å². The maximum atomic E-state index is 11.7. The lowest BCUT2D eigenvalue weighted by atomic mass is 10.4. The van der Waals surface area contributed by atoms with E-state index in [2.05, 4.69) is 0 Å². The molecule has 0 fully saturated rings. The number of carbonyl (C=O) groups excluding carboxylic acids is 1. The highest BCUT2D eigenvalue weighted by Crippen LogP contribution is 2.16. The first-order valence-electron chi connectivity index (χ1n) is 5.26. The Hall–Kier alpha value is -3.23. The largest absolute Gasteiger partial charge is 0.433 e. The molecule has 0 aliphatic carbocycles. The molecule has 2 aromatic heterocycles. The first-order valence-corrected chi connectivity index (χ1v) is 5.26. The molecule has 0 bridgehead atoms. The average Bonchev–Trinajstić information content (AvgIpc) is 2.85. The molecule has 2 aromatic rings. The highest BCUT2D eigenvalue weighted by molar-refractivity contribution is 5.93. The topological polar surface area (TPSA) is 128 Å². The van der Waals surface area contributed by atoms with E-state index in [9.17, 15) is 24.5 Å². The van der Waals surface area contributed by atoms with E-state index in [0.717, 1.165) is 24.4 Å². The van der Waals surface area contributed by atoms with Crippen LogP contribution in [0.5, 0.6) is 0 Å². The summed E-state index contributed by atoms with van der Waals surface area (Å²) < 4.78 is 5.47. The van der Waals surface area contributed by atoms with E-state index in [-0.39, 0.29) is 5.76 Å².